The number of carbonyl (C=O) groups excluding carboxylic acids is 1. The molecule has 1 aromatic carbocycles. The van der Waals surface area contributed by atoms with Crippen molar-refractivity contribution in [3.05, 3.63) is 41.7 Å². The number of halogens is 1. The second-order valence-corrected chi connectivity index (χ2v) is 8.30. The largest absolute Gasteiger partial charge is 0.489 e. The first-order chi connectivity index (χ1) is 13.5. The van der Waals surface area contributed by atoms with Gasteiger partial charge in [0.25, 0.3) is 0 Å². The second kappa shape index (κ2) is 8.62. The van der Waals surface area contributed by atoms with Gasteiger partial charge in [-0.15, -0.1) is 0 Å². The zero-order valence-corrected chi connectivity index (χ0v) is 16.6. The van der Waals surface area contributed by atoms with Gasteiger partial charge >= 0.3 is 0 Å². The number of aliphatic hydroxyl groups excluding tert-OH is 1. The first-order valence-corrected chi connectivity index (χ1v) is 10.1. The molecule has 5 nitrogen and oxygen atoms in total. The Morgan fingerprint density at radius 3 is 2.32 bits per heavy atom. The third kappa shape index (κ3) is 3.94. The smallest absolute Gasteiger partial charge is 0.228 e. The molecule has 1 aromatic rings. The third-order valence-corrected chi connectivity index (χ3v) is 6.79. The molecule has 3 aliphatic rings. The van der Waals surface area contributed by atoms with Gasteiger partial charge in [-0.25, -0.2) is 4.39 Å². The van der Waals surface area contributed by atoms with Crippen molar-refractivity contribution >= 4 is 5.91 Å². The van der Waals surface area contributed by atoms with Gasteiger partial charge in [0.15, 0.2) is 0 Å². The lowest BCUT2D eigenvalue weighted by molar-refractivity contribution is -0.148. The summed E-state index contributed by atoms with van der Waals surface area (Å²) in [5, 5.41) is 9.13. The van der Waals surface area contributed by atoms with Crippen LogP contribution in [-0.2, 0) is 10.2 Å². The highest BCUT2D eigenvalue weighted by Gasteiger charge is 2.53. The molecule has 3 saturated carbocycles. The molecule has 6 heteroatoms. The number of nitrogens with zero attached hydrogens (tertiary/aromatic N) is 1. The lowest BCUT2D eigenvalue weighted by Gasteiger charge is -2.53. The summed E-state index contributed by atoms with van der Waals surface area (Å²) in [5.41, 5.74) is 7.06. The maximum atomic E-state index is 12.9. The Hall–Kier alpha value is -1.92. The fourth-order valence-corrected chi connectivity index (χ4v) is 4.81. The number of benzene rings is 1. The summed E-state index contributed by atoms with van der Waals surface area (Å²) in [6.45, 7) is 0.705. The SMILES string of the molecule is CN(CCO)C(=O)C12CCC(c3ccc(OC/C(=C/F)CN)cc3)(CC1)CC2. The zero-order chi connectivity index (χ0) is 20.2. The van der Waals surface area contributed by atoms with Crippen molar-refractivity contribution in [2.45, 2.75) is 43.9 Å². The molecule has 0 spiro atoms. The topological polar surface area (TPSA) is 75.8 Å². The lowest BCUT2D eigenvalue weighted by atomic mass is 9.51. The predicted octanol–water partition coefficient (Wildman–Crippen LogP) is 2.92. The molecule has 0 radical (unpaired) electrons. The van der Waals surface area contributed by atoms with Gasteiger partial charge in [0.05, 0.1) is 12.9 Å². The molecule has 0 aliphatic heterocycles. The van der Waals surface area contributed by atoms with Gasteiger partial charge in [0.1, 0.15) is 12.4 Å². The second-order valence-electron chi connectivity index (χ2n) is 8.30. The van der Waals surface area contributed by atoms with Gasteiger partial charge in [-0.2, -0.15) is 0 Å². The molecular weight excluding hydrogens is 359 g/mol. The number of ether oxygens (including phenoxy) is 1. The summed E-state index contributed by atoms with van der Waals surface area (Å²) >= 11 is 0. The number of rotatable bonds is 8. The van der Waals surface area contributed by atoms with Crippen LogP contribution in [0.1, 0.15) is 44.1 Å². The van der Waals surface area contributed by atoms with Crippen LogP contribution in [0.15, 0.2) is 36.2 Å². The Labute approximate surface area is 166 Å². The van der Waals surface area contributed by atoms with Crippen LogP contribution in [-0.4, -0.2) is 49.3 Å². The summed E-state index contributed by atoms with van der Waals surface area (Å²) < 4.78 is 18.2. The molecule has 0 aromatic heterocycles. The van der Waals surface area contributed by atoms with Crippen LogP contribution in [0.3, 0.4) is 0 Å². The summed E-state index contributed by atoms with van der Waals surface area (Å²) in [6, 6.07) is 8.09. The minimum absolute atomic E-state index is 0.00453. The van der Waals surface area contributed by atoms with E-state index in [1.54, 1.807) is 11.9 Å². The van der Waals surface area contributed by atoms with Crippen LogP contribution in [0.5, 0.6) is 5.75 Å². The molecule has 0 heterocycles. The quantitative estimate of drug-likeness (QED) is 0.716. The molecule has 1 amide bonds. The number of likely N-dealkylation sites (N-methyl/N-ethyl adjacent to an activating group) is 1. The van der Waals surface area contributed by atoms with E-state index >= 15 is 0 Å². The number of hydrogen-bond donors (Lipinski definition) is 2. The van der Waals surface area contributed by atoms with Crippen LogP contribution in [0, 0.1) is 5.41 Å². The van der Waals surface area contributed by atoms with Gasteiger partial charge in [0, 0.05) is 31.1 Å². The Kier molecular flexibility index (Phi) is 6.40. The monoisotopic (exact) mass is 390 g/mol. The van der Waals surface area contributed by atoms with Crippen molar-refractivity contribution in [3.63, 3.8) is 0 Å². The van der Waals surface area contributed by atoms with E-state index in [4.69, 9.17) is 15.6 Å². The molecule has 154 valence electrons. The maximum Gasteiger partial charge on any atom is 0.228 e. The number of fused-ring (bicyclic) bond motifs is 3. The summed E-state index contributed by atoms with van der Waals surface area (Å²) in [5.74, 6) is 0.893. The summed E-state index contributed by atoms with van der Waals surface area (Å²) in [4.78, 5) is 14.6. The highest BCUT2D eigenvalue weighted by Crippen LogP contribution is 2.58. The molecule has 28 heavy (non-hydrogen) atoms. The van der Waals surface area contributed by atoms with Crippen molar-refractivity contribution in [3.8, 4) is 5.75 Å². The molecule has 0 atom stereocenters. The molecule has 4 rings (SSSR count). The van der Waals surface area contributed by atoms with E-state index in [0.717, 1.165) is 38.5 Å². The van der Waals surface area contributed by atoms with E-state index in [1.165, 1.54) is 5.56 Å². The Balaban J connectivity index is 1.64. The minimum Gasteiger partial charge on any atom is -0.489 e. The van der Waals surface area contributed by atoms with Crippen molar-refractivity contribution in [1.82, 2.24) is 4.90 Å². The van der Waals surface area contributed by atoms with Gasteiger partial charge in [-0.1, -0.05) is 12.1 Å². The van der Waals surface area contributed by atoms with Crippen LogP contribution in [0.25, 0.3) is 0 Å². The normalized spacial score (nSPS) is 26.9. The summed E-state index contributed by atoms with van der Waals surface area (Å²) in [7, 11) is 1.79. The molecule has 3 N–H and O–H groups in total. The molecule has 0 unspecified atom stereocenters. The van der Waals surface area contributed by atoms with Crippen molar-refractivity contribution in [2.75, 3.05) is 33.4 Å². The predicted molar refractivity (Wildman–Crippen MR) is 107 cm³/mol. The molecule has 3 aliphatic carbocycles. The number of aliphatic hydroxyl groups is 1. The fraction of sp³-hybridized carbons (Fsp3) is 0.591. The Morgan fingerprint density at radius 1 is 1.21 bits per heavy atom. The van der Waals surface area contributed by atoms with Crippen LogP contribution in [0.4, 0.5) is 4.39 Å². The van der Waals surface area contributed by atoms with Gasteiger partial charge in [0.2, 0.25) is 5.91 Å². The number of amides is 1. The van der Waals surface area contributed by atoms with E-state index in [0.29, 0.717) is 24.2 Å². The van der Waals surface area contributed by atoms with E-state index in [-0.39, 0.29) is 36.5 Å². The highest BCUT2D eigenvalue weighted by molar-refractivity contribution is 5.83. The Bertz CT molecular complexity index is 692. The van der Waals surface area contributed by atoms with E-state index < -0.39 is 0 Å². The van der Waals surface area contributed by atoms with Gasteiger partial charge < -0.3 is 20.5 Å². The zero-order valence-electron chi connectivity index (χ0n) is 16.6. The maximum absolute atomic E-state index is 12.9. The lowest BCUT2D eigenvalue weighted by Crippen LogP contribution is -2.52. The first kappa shape index (κ1) is 20.8. The van der Waals surface area contributed by atoms with E-state index in [2.05, 4.69) is 12.1 Å². The molecule has 2 bridgehead atoms. The number of hydrogen-bond acceptors (Lipinski definition) is 4. The standard InChI is InChI=1S/C22H31FN2O3/c1-25(12-13-26)20(27)22-9-6-21(7-10-22,8-11-22)18-2-4-19(5-3-18)28-16-17(14-23)15-24/h2-5,14,26H,6-13,15-16,24H2,1H3/b17-14+. The van der Waals surface area contributed by atoms with Gasteiger partial charge in [-0.05, 0) is 61.6 Å². The molecular formula is C22H31FN2O3. The minimum atomic E-state index is -0.244. The van der Waals surface area contributed by atoms with Crippen LogP contribution >= 0.6 is 0 Å². The fourth-order valence-electron chi connectivity index (χ4n) is 4.81. The van der Waals surface area contributed by atoms with E-state index in [1.807, 2.05) is 12.1 Å². The summed E-state index contributed by atoms with van der Waals surface area (Å²) in [6.07, 6.45) is 6.24. The van der Waals surface area contributed by atoms with Crippen LogP contribution in [0.2, 0.25) is 0 Å². The van der Waals surface area contributed by atoms with Crippen molar-refractivity contribution in [2.24, 2.45) is 11.1 Å². The average Bonchev–Trinajstić information content (AvgIpc) is 2.75. The van der Waals surface area contributed by atoms with Crippen molar-refractivity contribution < 1.29 is 19.0 Å². The molecule has 3 fully saturated rings. The van der Waals surface area contributed by atoms with Crippen molar-refractivity contribution in [1.29, 1.82) is 0 Å². The Morgan fingerprint density at radius 2 is 1.82 bits per heavy atom. The van der Waals surface area contributed by atoms with Crippen LogP contribution < -0.4 is 10.5 Å². The average molecular weight is 390 g/mol. The first-order valence-electron chi connectivity index (χ1n) is 10.1. The van der Waals surface area contributed by atoms with E-state index in [9.17, 15) is 9.18 Å². The highest BCUT2D eigenvalue weighted by atomic mass is 19.1. The molecule has 0 saturated heterocycles. The number of nitrogens with two attached hydrogens (primary N) is 1. The van der Waals surface area contributed by atoms with Gasteiger partial charge in [-0.3, -0.25) is 4.79 Å². The third-order valence-electron chi connectivity index (χ3n) is 6.79. The number of carbonyl (C=O) groups is 1.